The van der Waals surface area contributed by atoms with Crippen molar-refractivity contribution in [2.24, 2.45) is 0 Å². The minimum absolute atomic E-state index is 0.0138. The van der Waals surface area contributed by atoms with Gasteiger partial charge in [-0.1, -0.05) is 12.1 Å². The topological polar surface area (TPSA) is 96.3 Å². The third-order valence-electron chi connectivity index (χ3n) is 5.64. The highest BCUT2D eigenvalue weighted by Crippen LogP contribution is 2.41. The zero-order valence-corrected chi connectivity index (χ0v) is 17.5. The Hall–Kier alpha value is -3.32. The molecule has 162 valence electrons. The highest BCUT2D eigenvalue weighted by Gasteiger charge is 2.46. The number of methoxy groups -OCH3 is 1. The van der Waals surface area contributed by atoms with Crippen molar-refractivity contribution in [3.8, 4) is 11.5 Å². The molecule has 0 saturated carbocycles. The van der Waals surface area contributed by atoms with Gasteiger partial charge in [-0.15, -0.1) is 0 Å². The maximum atomic E-state index is 13.0. The molecule has 2 aromatic rings. The molecule has 2 atom stereocenters. The number of benzene rings is 2. The summed E-state index contributed by atoms with van der Waals surface area (Å²) in [6.07, 6.45) is 1.29. The van der Waals surface area contributed by atoms with Gasteiger partial charge in [0.1, 0.15) is 23.4 Å². The van der Waals surface area contributed by atoms with Gasteiger partial charge < -0.3 is 24.6 Å². The van der Waals surface area contributed by atoms with Gasteiger partial charge in [0.2, 0.25) is 0 Å². The van der Waals surface area contributed by atoms with Crippen LogP contribution >= 0.6 is 0 Å². The maximum absolute atomic E-state index is 13.0. The van der Waals surface area contributed by atoms with E-state index in [1.54, 1.807) is 37.4 Å². The Kier molecular flexibility index (Phi) is 5.69. The number of phenolic OH excluding ortho intramolecular Hbond substituents is 1. The Labute approximate surface area is 180 Å². The van der Waals surface area contributed by atoms with E-state index in [0.29, 0.717) is 30.6 Å². The van der Waals surface area contributed by atoms with Crippen molar-refractivity contribution < 1.29 is 29.3 Å². The van der Waals surface area contributed by atoms with Gasteiger partial charge in [0.05, 0.1) is 11.6 Å². The number of ether oxygens (including phenoxy) is 2. The molecule has 0 radical (unpaired) electrons. The Balaban J connectivity index is 1.80. The molecule has 0 aliphatic carbocycles. The van der Waals surface area contributed by atoms with Gasteiger partial charge in [-0.2, -0.15) is 0 Å². The summed E-state index contributed by atoms with van der Waals surface area (Å²) >= 11 is 0. The van der Waals surface area contributed by atoms with E-state index < -0.39 is 17.7 Å². The van der Waals surface area contributed by atoms with Crippen LogP contribution in [0.4, 0.5) is 0 Å². The van der Waals surface area contributed by atoms with Crippen LogP contribution < -0.4 is 4.74 Å². The van der Waals surface area contributed by atoms with Crippen molar-refractivity contribution in [3.63, 3.8) is 0 Å². The van der Waals surface area contributed by atoms with E-state index >= 15 is 0 Å². The number of hydrogen-bond acceptors (Lipinski definition) is 6. The van der Waals surface area contributed by atoms with Gasteiger partial charge in [-0.3, -0.25) is 9.59 Å². The number of aromatic hydroxyl groups is 1. The lowest BCUT2D eigenvalue weighted by molar-refractivity contribution is -0.140. The predicted molar refractivity (Wildman–Crippen MR) is 114 cm³/mol. The van der Waals surface area contributed by atoms with E-state index in [0.717, 1.165) is 11.3 Å². The van der Waals surface area contributed by atoms with Crippen LogP contribution in [-0.4, -0.2) is 53.2 Å². The molecule has 1 amide bonds. The number of hydrogen-bond donors (Lipinski definition) is 2. The first-order chi connectivity index (χ1) is 14.9. The zero-order valence-electron chi connectivity index (χ0n) is 17.5. The van der Waals surface area contributed by atoms with Crippen molar-refractivity contribution in [1.82, 2.24) is 4.90 Å². The Morgan fingerprint density at radius 3 is 2.77 bits per heavy atom. The number of likely N-dealkylation sites (tertiary alicyclic amines) is 1. The second-order valence-corrected chi connectivity index (χ2v) is 7.89. The summed E-state index contributed by atoms with van der Waals surface area (Å²) in [5.74, 6) is -0.877. The number of aliphatic hydroxyl groups is 1. The minimum atomic E-state index is -0.799. The van der Waals surface area contributed by atoms with Gasteiger partial charge in [-0.25, -0.2) is 0 Å². The molecule has 1 fully saturated rings. The molecule has 2 aliphatic rings. The predicted octanol–water partition coefficient (Wildman–Crippen LogP) is 3.17. The monoisotopic (exact) mass is 423 g/mol. The van der Waals surface area contributed by atoms with E-state index in [4.69, 9.17) is 9.47 Å². The summed E-state index contributed by atoms with van der Waals surface area (Å²) < 4.78 is 10.8. The third kappa shape index (κ3) is 3.88. The molecule has 0 aromatic heterocycles. The second-order valence-electron chi connectivity index (χ2n) is 7.89. The summed E-state index contributed by atoms with van der Waals surface area (Å²) in [6, 6.07) is 10.8. The fourth-order valence-electron chi connectivity index (χ4n) is 4.26. The van der Waals surface area contributed by atoms with Crippen LogP contribution in [0.5, 0.6) is 11.5 Å². The molecule has 2 aromatic carbocycles. The van der Waals surface area contributed by atoms with E-state index in [-0.39, 0.29) is 29.7 Å². The van der Waals surface area contributed by atoms with Gasteiger partial charge in [-0.05, 0) is 54.8 Å². The van der Waals surface area contributed by atoms with E-state index in [9.17, 15) is 19.8 Å². The largest absolute Gasteiger partial charge is 0.508 e. The number of aliphatic hydroxyl groups excluding tert-OH is 1. The first-order valence-corrected chi connectivity index (χ1v) is 10.3. The normalized spacial score (nSPS) is 21.9. The molecule has 2 aliphatic heterocycles. The molecular formula is C24H25NO6. The molecule has 0 bridgehead atoms. The first-order valence-electron chi connectivity index (χ1n) is 10.3. The van der Waals surface area contributed by atoms with Crippen LogP contribution in [-0.2, 0) is 20.7 Å². The molecule has 0 spiro atoms. The lowest BCUT2D eigenvalue weighted by Gasteiger charge is -2.25. The van der Waals surface area contributed by atoms with Crippen molar-refractivity contribution >= 4 is 17.4 Å². The minimum Gasteiger partial charge on any atom is -0.508 e. The SMILES string of the molecule is COCCCN1C(=O)C(=O)C(=C(O)c2ccc3c(c2)C[C@@H](C)O3)[C@@H]1c1cccc(O)c1. The molecule has 1 saturated heterocycles. The fraction of sp³-hybridized carbons (Fsp3) is 0.333. The lowest BCUT2D eigenvalue weighted by atomic mass is 9.94. The third-order valence-corrected chi connectivity index (χ3v) is 5.64. The lowest BCUT2D eigenvalue weighted by Crippen LogP contribution is -2.31. The number of Topliss-reactive ketones (excluding diaryl/α,β-unsaturated/α-hetero) is 1. The molecule has 7 heteroatoms. The Morgan fingerprint density at radius 2 is 2.03 bits per heavy atom. The quantitative estimate of drug-likeness (QED) is 0.321. The molecule has 31 heavy (non-hydrogen) atoms. The summed E-state index contributed by atoms with van der Waals surface area (Å²) in [6.45, 7) is 2.68. The standard InChI is InChI=1S/C24H25NO6/c1-14-11-17-12-16(7-8-19(17)31-14)22(27)20-21(15-5-3-6-18(26)13-15)25(9-4-10-30-2)24(29)23(20)28/h3,5-8,12-14,21,26-27H,4,9-11H2,1-2H3/t14-,21+/m1/s1. The van der Waals surface area contributed by atoms with Gasteiger partial charge in [0.15, 0.2) is 0 Å². The summed E-state index contributed by atoms with van der Waals surface area (Å²) in [4.78, 5) is 27.3. The van der Waals surface area contributed by atoms with Gasteiger partial charge >= 0.3 is 0 Å². The molecule has 0 unspecified atom stereocenters. The van der Waals surface area contributed by atoms with Crippen LogP contribution in [0.3, 0.4) is 0 Å². The number of ketones is 1. The number of amides is 1. The average molecular weight is 423 g/mol. The van der Waals surface area contributed by atoms with Crippen molar-refractivity contribution in [3.05, 3.63) is 64.7 Å². The zero-order chi connectivity index (χ0) is 22.1. The van der Waals surface area contributed by atoms with Crippen LogP contribution in [0, 0.1) is 0 Å². The first kappa shape index (κ1) is 20.9. The number of nitrogens with zero attached hydrogens (tertiary/aromatic N) is 1. The van der Waals surface area contributed by atoms with Gasteiger partial charge in [0.25, 0.3) is 11.7 Å². The fourth-order valence-corrected chi connectivity index (χ4v) is 4.26. The molecular weight excluding hydrogens is 398 g/mol. The summed E-state index contributed by atoms with van der Waals surface area (Å²) in [5, 5.41) is 21.1. The van der Waals surface area contributed by atoms with Crippen molar-refractivity contribution in [2.45, 2.75) is 31.9 Å². The average Bonchev–Trinajstić information content (AvgIpc) is 3.24. The maximum Gasteiger partial charge on any atom is 0.295 e. The second kappa shape index (κ2) is 8.43. The Morgan fingerprint density at radius 1 is 1.23 bits per heavy atom. The van der Waals surface area contributed by atoms with Gasteiger partial charge in [0, 0.05) is 32.2 Å². The van der Waals surface area contributed by atoms with Crippen LogP contribution in [0.25, 0.3) is 5.76 Å². The highest BCUT2D eigenvalue weighted by atomic mass is 16.5. The van der Waals surface area contributed by atoms with E-state index in [1.165, 1.54) is 17.0 Å². The number of fused-ring (bicyclic) bond motifs is 1. The van der Waals surface area contributed by atoms with E-state index in [1.807, 2.05) is 6.92 Å². The van der Waals surface area contributed by atoms with E-state index in [2.05, 4.69) is 0 Å². The number of phenols is 1. The van der Waals surface area contributed by atoms with Crippen LogP contribution in [0.1, 0.15) is 36.1 Å². The summed E-state index contributed by atoms with van der Waals surface area (Å²) in [7, 11) is 1.57. The Bertz CT molecular complexity index is 1060. The number of carbonyl (C=O) groups excluding carboxylic acids is 2. The highest BCUT2D eigenvalue weighted by molar-refractivity contribution is 6.46. The molecule has 4 rings (SSSR count). The molecule has 7 nitrogen and oxygen atoms in total. The summed E-state index contributed by atoms with van der Waals surface area (Å²) in [5.41, 5.74) is 1.97. The molecule has 2 heterocycles. The van der Waals surface area contributed by atoms with Crippen molar-refractivity contribution in [1.29, 1.82) is 0 Å². The molecule has 2 N–H and O–H groups in total. The number of rotatable bonds is 6. The smallest absolute Gasteiger partial charge is 0.295 e. The van der Waals surface area contributed by atoms with Crippen molar-refractivity contribution in [2.75, 3.05) is 20.3 Å². The van der Waals surface area contributed by atoms with Crippen LogP contribution in [0.15, 0.2) is 48.0 Å². The van der Waals surface area contributed by atoms with Crippen LogP contribution in [0.2, 0.25) is 0 Å². The number of carbonyl (C=O) groups is 2.